The van der Waals surface area contributed by atoms with E-state index in [2.05, 4.69) is 9.74 Å². The lowest BCUT2D eigenvalue weighted by atomic mass is 10.2. The Balaban J connectivity index is 2.82. The minimum absolute atomic E-state index is 0.156. The van der Waals surface area contributed by atoms with E-state index in [-0.39, 0.29) is 11.3 Å². The third-order valence-corrected chi connectivity index (χ3v) is 1.89. The molecule has 1 rings (SSSR count). The quantitative estimate of drug-likeness (QED) is 0.226. The van der Waals surface area contributed by atoms with Gasteiger partial charge in [0.2, 0.25) is 0 Å². The van der Waals surface area contributed by atoms with E-state index >= 15 is 0 Å². The van der Waals surface area contributed by atoms with Gasteiger partial charge in [0.25, 0.3) is 11.5 Å². The fraction of sp³-hybridized carbons (Fsp3) is 0.125. The standard InChI is InChI=1S/C8H10BN3O6/c1-4-5(10-8(15)11-7(4)14)2-3-6(13)12-18-9(16)17/h2-3,16-17H,1H3,(H,12,13)(H2,10,11,14,15). The molecule has 0 radical (unpaired) electrons. The van der Waals surface area contributed by atoms with Crippen molar-refractivity contribution in [3.05, 3.63) is 38.2 Å². The van der Waals surface area contributed by atoms with Crippen molar-refractivity contribution in [3.8, 4) is 0 Å². The van der Waals surface area contributed by atoms with Gasteiger partial charge in [-0.3, -0.25) is 19.3 Å². The Bertz CT molecular complexity index is 575. The summed E-state index contributed by atoms with van der Waals surface area (Å²) >= 11 is 0. The largest absolute Gasteiger partial charge is 0.656 e. The number of rotatable bonds is 4. The minimum Gasteiger partial charge on any atom is -0.400 e. The van der Waals surface area contributed by atoms with Crippen LogP contribution in [0, 0.1) is 6.92 Å². The number of aromatic amines is 2. The van der Waals surface area contributed by atoms with Gasteiger partial charge in [-0.05, 0) is 13.0 Å². The molecule has 18 heavy (non-hydrogen) atoms. The van der Waals surface area contributed by atoms with Gasteiger partial charge >= 0.3 is 13.0 Å². The Labute approximate surface area is 100 Å². The molecule has 0 aliphatic carbocycles. The second kappa shape index (κ2) is 5.96. The Kier molecular flexibility index (Phi) is 4.60. The van der Waals surface area contributed by atoms with Gasteiger partial charge in [0.1, 0.15) is 0 Å². The van der Waals surface area contributed by atoms with Crippen LogP contribution in [0.25, 0.3) is 6.08 Å². The van der Waals surface area contributed by atoms with Crippen LogP contribution in [0.5, 0.6) is 0 Å². The predicted octanol–water partition coefficient (Wildman–Crippen LogP) is -2.60. The molecule has 96 valence electrons. The van der Waals surface area contributed by atoms with Gasteiger partial charge < -0.3 is 15.0 Å². The molecule has 1 amide bonds. The van der Waals surface area contributed by atoms with Gasteiger partial charge in [0.05, 0.1) is 5.69 Å². The van der Waals surface area contributed by atoms with Crippen LogP contribution in [0.4, 0.5) is 0 Å². The lowest BCUT2D eigenvalue weighted by molar-refractivity contribution is -0.124. The van der Waals surface area contributed by atoms with Gasteiger partial charge in [-0.1, -0.05) is 0 Å². The Hall–Kier alpha value is -2.17. The van der Waals surface area contributed by atoms with Crippen LogP contribution in [-0.4, -0.2) is 33.2 Å². The Morgan fingerprint density at radius 3 is 2.67 bits per heavy atom. The number of H-pyrrole nitrogens is 2. The third-order valence-electron chi connectivity index (χ3n) is 1.89. The summed E-state index contributed by atoms with van der Waals surface area (Å²) in [6.45, 7) is 1.46. The molecular formula is C8H10BN3O6. The van der Waals surface area contributed by atoms with Gasteiger partial charge in [-0.2, -0.15) is 0 Å². The van der Waals surface area contributed by atoms with E-state index in [1.54, 1.807) is 5.48 Å². The zero-order valence-corrected chi connectivity index (χ0v) is 9.26. The molecule has 1 aromatic rings. The lowest BCUT2D eigenvalue weighted by Gasteiger charge is -2.01. The highest BCUT2D eigenvalue weighted by molar-refractivity contribution is 6.32. The third kappa shape index (κ3) is 4.01. The fourth-order valence-corrected chi connectivity index (χ4v) is 1.04. The molecule has 5 N–H and O–H groups in total. The summed E-state index contributed by atoms with van der Waals surface area (Å²) in [6.07, 6.45) is 2.12. The maximum Gasteiger partial charge on any atom is 0.656 e. The van der Waals surface area contributed by atoms with Crippen LogP contribution in [-0.2, 0) is 9.55 Å². The van der Waals surface area contributed by atoms with Crippen LogP contribution >= 0.6 is 0 Å². The van der Waals surface area contributed by atoms with E-state index in [4.69, 9.17) is 10.0 Å². The van der Waals surface area contributed by atoms with Crippen molar-refractivity contribution in [2.24, 2.45) is 0 Å². The van der Waals surface area contributed by atoms with Crippen LogP contribution in [0.1, 0.15) is 11.3 Å². The zero-order valence-electron chi connectivity index (χ0n) is 9.26. The second-order valence-electron chi connectivity index (χ2n) is 3.19. The molecule has 0 unspecified atom stereocenters. The smallest absolute Gasteiger partial charge is 0.400 e. The number of hydrogen-bond acceptors (Lipinski definition) is 6. The molecule has 0 atom stereocenters. The summed E-state index contributed by atoms with van der Waals surface area (Å²) in [7, 11) is -2.14. The average molecular weight is 255 g/mol. The summed E-state index contributed by atoms with van der Waals surface area (Å²) in [6, 6.07) is 0. The van der Waals surface area contributed by atoms with Gasteiger partial charge in [0.15, 0.2) is 0 Å². The van der Waals surface area contributed by atoms with Crippen LogP contribution in [0.3, 0.4) is 0 Å². The van der Waals surface area contributed by atoms with E-state index in [0.29, 0.717) is 0 Å². The lowest BCUT2D eigenvalue weighted by Crippen LogP contribution is -2.31. The first-order chi connectivity index (χ1) is 8.40. The fourth-order valence-electron chi connectivity index (χ4n) is 1.04. The molecule has 0 bridgehead atoms. The zero-order chi connectivity index (χ0) is 13.7. The number of nitrogens with one attached hydrogen (secondary N) is 3. The van der Waals surface area contributed by atoms with E-state index in [1.165, 1.54) is 13.0 Å². The first-order valence-corrected chi connectivity index (χ1v) is 4.73. The van der Waals surface area contributed by atoms with Gasteiger partial charge in [-0.15, -0.1) is 0 Å². The predicted molar refractivity (Wildman–Crippen MR) is 60.9 cm³/mol. The molecule has 1 heterocycles. The summed E-state index contributed by atoms with van der Waals surface area (Å²) in [4.78, 5) is 37.6. The molecule has 0 aliphatic rings. The summed E-state index contributed by atoms with van der Waals surface area (Å²) in [5, 5.41) is 16.6. The minimum atomic E-state index is -2.14. The molecule has 0 saturated heterocycles. The SMILES string of the molecule is Cc1c(C=CC(=O)NOB(O)O)[nH]c(=O)[nH]c1=O. The summed E-state index contributed by atoms with van der Waals surface area (Å²) < 4.78 is 3.99. The van der Waals surface area contributed by atoms with Gasteiger partial charge in [-0.25, -0.2) is 10.3 Å². The van der Waals surface area contributed by atoms with Crippen LogP contribution in [0.2, 0.25) is 0 Å². The number of hydroxylamine groups is 1. The first-order valence-electron chi connectivity index (χ1n) is 4.73. The molecule has 0 aromatic carbocycles. The molecule has 1 aromatic heterocycles. The van der Waals surface area contributed by atoms with E-state index < -0.39 is 24.5 Å². The molecule has 0 saturated carbocycles. The molecule has 10 heteroatoms. The Morgan fingerprint density at radius 2 is 2.06 bits per heavy atom. The van der Waals surface area contributed by atoms with Crippen molar-refractivity contribution >= 4 is 19.3 Å². The molecule has 0 fully saturated rings. The maximum absolute atomic E-state index is 11.2. The maximum atomic E-state index is 11.2. The highest BCUT2D eigenvalue weighted by Crippen LogP contribution is 1.97. The summed E-state index contributed by atoms with van der Waals surface area (Å²) in [5.74, 6) is -0.802. The first kappa shape index (κ1) is 13.9. The number of hydrogen-bond donors (Lipinski definition) is 5. The molecule has 0 aliphatic heterocycles. The highest BCUT2D eigenvalue weighted by atomic mass is 16.7. The molecular weight excluding hydrogens is 245 g/mol. The van der Waals surface area contributed by atoms with Gasteiger partial charge in [0, 0.05) is 11.6 Å². The van der Waals surface area contributed by atoms with E-state index in [1.807, 2.05) is 4.98 Å². The topological polar surface area (TPSA) is 145 Å². The normalized spacial score (nSPS) is 10.6. The van der Waals surface area contributed by atoms with Crippen molar-refractivity contribution < 1.29 is 19.6 Å². The number of aromatic nitrogens is 2. The van der Waals surface area contributed by atoms with E-state index in [0.717, 1.165) is 6.08 Å². The highest BCUT2D eigenvalue weighted by Gasteiger charge is 2.09. The van der Waals surface area contributed by atoms with Crippen molar-refractivity contribution in [3.63, 3.8) is 0 Å². The summed E-state index contributed by atoms with van der Waals surface area (Å²) in [5.41, 5.74) is 0.807. The Morgan fingerprint density at radius 1 is 1.39 bits per heavy atom. The number of amides is 1. The van der Waals surface area contributed by atoms with Crippen LogP contribution in [0.15, 0.2) is 15.7 Å². The number of carbonyl (C=O) groups excluding carboxylic acids is 1. The molecule has 9 nitrogen and oxygen atoms in total. The van der Waals surface area contributed by atoms with Crippen molar-refractivity contribution in [1.82, 2.24) is 15.4 Å². The molecule has 0 spiro atoms. The second-order valence-corrected chi connectivity index (χ2v) is 3.19. The van der Waals surface area contributed by atoms with Crippen molar-refractivity contribution in [2.75, 3.05) is 0 Å². The monoisotopic (exact) mass is 255 g/mol. The van der Waals surface area contributed by atoms with Crippen LogP contribution < -0.4 is 16.7 Å². The number of carbonyl (C=O) groups is 1. The average Bonchev–Trinajstić information content (AvgIpc) is 2.29. The van der Waals surface area contributed by atoms with E-state index in [9.17, 15) is 14.4 Å². The van der Waals surface area contributed by atoms with Crippen molar-refractivity contribution in [1.29, 1.82) is 0 Å². The van der Waals surface area contributed by atoms with Crippen molar-refractivity contribution in [2.45, 2.75) is 6.92 Å².